The molecule has 0 heterocycles. The highest BCUT2D eigenvalue weighted by atomic mass is 16.3. The van der Waals surface area contributed by atoms with Gasteiger partial charge in [-0.3, -0.25) is 9.98 Å². The van der Waals surface area contributed by atoms with Crippen LogP contribution in [0.3, 0.4) is 0 Å². The topological polar surface area (TPSA) is 65.2 Å². The third kappa shape index (κ3) is 5.23. The molecule has 36 heavy (non-hydrogen) atoms. The lowest BCUT2D eigenvalue weighted by atomic mass is 9.93. The smallest absolute Gasteiger partial charge is 0.132 e. The lowest BCUT2D eigenvalue weighted by Gasteiger charge is -2.21. The minimum absolute atomic E-state index is 0.0158. The van der Waals surface area contributed by atoms with Gasteiger partial charge in [-0.05, 0) is 36.5 Å². The van der Waals surface area contributed by atoms with Crippen molar-refractivity contribution in [2.24, 2.45) is 9.98 Å². The summed E-state index contributed by atoms with van der Waals surface area (Å²) in [6, 6.07) is 31.4. The molecule has 0 saturated heterocycles. The summed E-state index contributed by atoms with van der Waals surface area (Å²) >= 11 is 0. The monoisotopic (exact) mass is 474 g/mol. The Bertz CT molecular complexity index is 1380. The zero-order chi connectivity index (χ0) is 24.7. The average molecular weight is 475 g/mol. The van der Waals surface area contributed by atoms with E-state index in [1.165, 1.54) is 0 Å². The zero-order valence-corrected chi connectivity index (χ0v) is 20.2. The number of benzene rings is 4. The van der Waals surface area contributed by atoms with Gasteiger partial charge in [0.1, 0.15) is 11.5 Å². The van der Waals surface area contributed by atoms with Gasteiger partial charge >= 0.3 is 0 Å². The SMILES string of the molecule is Oc1c(C=NC2CCCCC2=NCc2cccc(-c3ccccc3)c2O)cccc1-c1ccccc1. The number of hydrogen-bond acceptors (Lipinski definition) is 4. The van der Waals surface area contributed by atoms with Crippen LogP contribution in [0.1, 0.15) is 36.8 Å². The molecule has 1 aliphatic rings. The normalized spacial score (nSPS) is 17.0. The summed E-state index contributed by atoms with van der Waals surface area (Å²) in [5.41, 5.74) is 6.15. The van der Waals surface area contributed by atoms with Crippen molar-refractivity contribution in [3.8, 4) is 33.8 Å². The number of rotatable bonds is 6. The van der Waals surface area contributed by atoms with Crippen molar-refractivity contribution in [2.45, 2.75) is 38.3 Å². The minimum atomic E-state index is -0.0158. The largest absolute Gasteiger partial charge is 0.507 e. The molecule has 0 aliphatic heterocycles. The Morgan fingerprint density at radius 2 is 1.33 bits per heavy atom. The molecule has 1 saturated carbocycles. The van der Waals surface area contributed by atoms with Crippen molar-refractivity contribution in [1.82, 2.24) is 0 Å². The van der Waals surface area contributed by atoms with Crippen LogP contribution in [0, 0.1) is 0 Å². The quantitative estimate of drug-likeness (QED) is 0.285. The number of para-hydroxylation sites is 2. The molecule has 0 radical (unpaired) electrons. The molecular weight excluding hydrogens is 444 g/mol. The van der Waals surface area contributed by atoms with Gasteiger partial charge < -0.3 is 10.2 Å². The van der Waals surface area contributed by atoms with E-state index in [-0.39, 0.29) is 17.5 Å². The Labute approximate surface area is 212 Å². The Hall–Kier alpha value is -4.18. The number of phenolic OH excluding ortho intramolecular Hbond substituents is 2. The Kier molecular flexibility index (Phi) is 7.23. The molecule has 1 unspecified atom stereocenters. The molecule has 1 atom stereocenters. The first-order valence-electron chi connectivity index (χ1n) is 12.5. The van der Waals surface area contributed by atoms with Crippen molar-refractivity contribution in [2.75, 3.05) is 0 Å². The summed E-state index contributed by atoms with van der Waals surface area (Å²) in [6.07, 6.45) is 5.81. The van der Waals surface area contributed by atoms with Crippen LogP contribution in [0.4, 0.5) is 0 Å². The highest BCUT2D eigenvalue weighted by Crippen LogP contribution is 2.33. The molecule has 5 rings (SSSR count). The maximum absolute atomic E-state index is 10.9. The molecule has 0 aromatic heterocycles. The van der Waals surface area contributed by atoms with E-state index in [2.05, 4.69) is 0 Å². The Balaban J connectivity index is 1.36. The van der Waals surface area contributed by atoms with E-state index in [4.69, 9.17) is 9.98 Å². The van der Waals surface area contributed by atoms with Crippen LogP contribution in [0.5, 0.6) is 11.5 Å². The van der Waals surface area contributed by atoms with Gasteiger partial charge in [0.05, 0.1) is 12.6 Å². The fourth-order valence-corrected chi connectivity index (χ4v) is 4.76. The third-order valence-corrected chi connectivity index (χ3v) is 6.75. The predicted molar refractivity (Wildman–Crippen MR) is 148 cm³/mol. The summed E-state index contributed by atoms with van der Waals surface area (Å²) in [6.45, 7) is 0.419. The molecule has 180 valence electrons. The van der Waals surface area contributed by atoms with E-state index in [9.17, 15) is 10.2 Å². The Morgan fingerprint density at radius 1 is 0.694 bits per heavy atom. The van der Waals surface area contributed by atoms with E-state index < -0.39 is 0 Å². The summed E-state index contributed by atoms with van der Waals surface area (Å²) in [7, 11) is 0. The van der Waals surface area contributed by atoms with Crippen LogP contribution >= 0.6 is 0 Å². The van der Waals surface area contributed by atoms with Crippen LogP contribution in [-0.4, -0.2) is 28.2 Å². The van der Waals surface area contributed by atoms with Crippen LogP contribution in [0.2, 0.25) is 0 Å². The fraction of sp³-hybridized carbons (Fsp3) is 0.188. The fourth-order valence-electron chi connectivity index (χ4n) is 4.76. The molecule has 2 N–H and O–H groups in total. The van der Waals surface area contributed by atoms with Gasteiger partial charge in [-0.25, -0.2) is 0 Å². The summed E-state index contributed by atoms with van der Waals surface area (Å²) < 4.78 is 0. The maximum Gasteiger partial charge on any atom is 0.132 e. The van der Waals surface area contributed by atoms with Gasteiger partial charge in [0.15, 0.2) is 0 Å². The van der Waals surface area contributed by atoms with E-state index in [0.29, 0.717) is 12.1 Å². The first-order valence-corrected chi connectivity index (χ1v) is 12.5. The van der Waals surface area contributed by atoms with Crippen molar-refractivity contribution < 1.29 is 10.2 Å². The molecular formula is C32H30N2O2. The van der Waals surface area contributed by atoms with Crippen LogP contribution in [0.15, 0.2) is 107 Å². The third-order valence-electron chi connectivity index (χ3n) is 6.75. The molecule has 1 aliphatic carbocycles. The van der Waals surface area contributed by atoms with Gasteiger partial charge in [0.2, 0.25) is 0 Å². The highest BCUT2D eigenvalue weighted by Gasteiger charge is 2.20. The van der Waals surface area contributed by atoms with Crippen molar-refractivity contribution >= 4 is 11.9 Å². The average Bonchev–Trinajstić information content (AvgIpc) is 2.93. The lowest BCUT2D eigenvalue weighted by molar-refractivity contribution is 0.470. The zero-order valence-electron chi connectivity index (χ0n) is 20.2. The first kappa shape index (κ1) is 23.6. The molecule has 0 spiro atoms. The second-order valence-electron chi connectivity index (χ2n) is 9.14. The molecule has 0 bridgehead atoms. The second kappa shape index (κ2) is 11.0. The van der Waals surface area contributed by atoms with Gasteiger partial charge in [-0.1, -0.05) is 97.4 Å². The maximum atomic E-state index is 10.9. The summed E-state index contributed by atoms with van der Waals surface area (Å²) in [5, 5.41) is 21.8. The van der Waals surface area contributed by atoms with Gasteiger partial charge in [0, 0.05) is 34.2 Å². The molecule has 4 nitrogen and oxygen atoms in total. The molecule has 1 fully saturated rings. The molecule has 4 heteroatoms. The number of phenols is 2. The van der Waals surface area contributed by atoms with E-state index >= 15 is 0 Å². The summed E-state index contributed by atoms with van der Waals surface area (Å²) in [5.74, 6) is 0.524. The van der Waals surface area contributed by atoms with Crippen LogP contribution in [0.25, 0.3) is 22.3 Å². The van der Waals surface area contributed by atoms with Crippen LogP contribution in [-0.2, 0) is 6.54 Å². The lowest BCUT2D eigenvalue weighted by Crippen LogP contribution is -2.23. The molecule has 0 amide bonds. The van der Waals surface area contributed by atoms with Crippen LogP contribution < -0.4 is 0 Å². The van der Waals surface area contributed by atoms with E-state index in [0.717, 1.165) is 59.2 Å². The molecule has 4 aromatic carbocycles. The number of hydrogen-bond donors (Lipinski definition) is 2. The van der Waals surface area contributed by atoms with E-state index in [1.807, 2.05) is 97.1 Å². The number of aromatic hydroxyl groups is 2. The predicted octanol–water partition coefficient (Wildman–Crippen LogP) is 7.43. The minimum Gasteiger partial charge on any atom is -0.507 e. The summed E-state index contributed by atoms with van der Waals surface area (Å²) in [4.78, 5) is 9.76. The number of aliphatic imine (C=N–C) groups is 2. The number of nitrogens with zero attached hydrogens (tertiary/aromatic N) is 2. The Morgan fingerprint density at radius 3 is 2.03 bits per heavy atom. The second-order valence-corrected chi connectivity index (χ2v) is 9.14. The van der Waals surface area contributed by atoms with Gasteiger partial charge in [0.25, 0.3) is 0 Å². The van der Waals surface area contributed by atoms with E-state index in [1.54, 1.807) is 6.21 Å². The van der Waals surface area contributed by atoms with Crippen molar-refractivity contribution in [1.29, 1.82) is 0 Å². The van der Waals surface area contributed by atoms with Gasteiger partial charge in [-0.15, -0.1) is 0 Å². The van der Waals surface area contributed by atoms with Gasteiger partial charge in [-0.2, -0.15) is 0 Å². The highest BCUT2D eigenvalue weighted by molar-refractivity contribution is 5.94. The standard InChI is InChI=1S/C32H30N2O2/c35-31-25(15-9-17-27(31)23-11-3-1-4-12-23)21-33-29-19-7-8-20-30(29)34-22-26-16-10-18-28(32(26)36)24-13-5-2-6-14-24/h1-6,9-18,21,29,35-36H,7-8,19-20,22H2. The first-order chi connectivity index (χ1) is 17.7. The van der Waals surface area contributed by atoms with Crippen molar-refractivity contribution in [3.63, 3.8) is 0 Å². The molecule has 4 aromatic rings. The van der Waals surface area contributed by atoms with Crippen molar-refractivity contribution in [3.05, 3.63) is 108 Å².